The van der Waals surface area contributed by atoms with Crippen molar-refractivity contribution >= 4 is 11.8 Å². The fourth-order valence-electron chi connectivity index (χ4n) is 2.39. The Bertz CT molecular complexity index is 114. The molecule has 0 nitrogen and oxygen atoms in total. The molecule has 10 heavy (non-hydrogen) atoms. The van der Waals surface area contributed by atoms with E-state index in [0.29, 0.717) is 0 Å². The maximum absolute atomic E-state index is 2.35. The summed E-state index contributed by atoms with van der Waals surface area (Å²) in [4.78, 5) is 0. The van der Waals surface area contributed by atoms with Crippen molar-refractivity contribution in [2.75, 3.05) is 5.75 Å². The van der Waals surface area contributed by atoms with Crippen LogP contribution in [-0.4, -0.2) is 11.0 Å². The second-order valence-corrected chi connectivity index (χ2v) is 4.99. The molecular weight excluding hydrogens is 140 g/mol. The minimum atomic E-state index is 1.05. The van der Waals surface area contributed by atoms with Crippen molar-refractivity contribution in [1.82, 2.24) is 0 Å². The molecule has 2 bridgehead atoms. The van der Waals surface area contributed by atoms with Gasteiger partial charge in [-0.2, -0.15) is 11.8 Å². The first-order valence-corrected chi connectivity index (χ1v) is 5.56. The molecule has 0 aromatic carbocycles. The van der Waals surface area contributed by atoms with Crippen molar-refractivity contribution in [2.24, 2.45) is 11.8 Å². The minimum absolute atomic E-state index is 1.05. The molecule has 0 N–H and O–H groups in total. The van der Waals surface area contributed by atoms with E-state index in [2.05, 4.69) is 18.7 Å². The molecule has 0 aromatic rings. The molecule has 3 atom stereocenters. The lowest BCUT2D eigenvalue weighted by Gasteiger charge is -2.41. The fraction of sp³-hybridized carbons (Fsp3) is 1.00. The molecule has 2 aliphatic heterocycles. The second kappa shape index (κ2) is 2.77. The van der Waals surface area contributed by atoms with Crippen molar-refractivity contribution in [1.29, 1.82) is 0 Å². The van der Waals surface area contributed by atoms with E-state index in [1.807, 2.05) is 0 Å². The van der Waals surface area contributed by atoms with E-state index >= 15 is 0 Å². The van der Waals surface area contributed by atoms with Crippen LogP contribution < -0.4 is 0 Å². The number of thioether (sulfide) groups is 1. The molecule has 0 spiro atoms. The monoisotopic (exact) mass is 156 g/mol. The lowest BCUT2D eigenvalue weighted by atomic mass is 9.80. The highest BCUT2D eigenvalue weighted by Gasteiger charge is 2.34. The van der Waals surface area contributed by atoms with Gasteiger partial charge in [0, 0.05) is 5.25 Å². The molecule has 1 heteroatoms. The van der Waals surface area contributed by atoms with Gasteiger partial charge in [-0.1, -0.05) is 13.3 Å². The Balaban J connectivity index is 2.01. The van der Waals surface area contributed by atoms with Gasteiger partial charge < -0.3 is 0 Å². The molecule has 3 fully saturated rings. The summed E-state index contributed by atoms with van der Waals surface area (Å²) in [6.07, 6.45) is 6.03. The van der Waals surface area contributed by atoms with Gasteiger partial charge in [-0.3, -0.25) is 0 Å². The summed E-state index contributed by atoms with van der Waals surface area (Å²) in [6, 6.07) is 0. The summed E-state index contributed by atoms with van der Waals surface area (Å²) < 4.78 is 0. The molecular formula is C9H16S. The van der Waals surface area contributed by atoms with E-state index in [0.717, 1.165) is 17.1 Å². The van der Waals surface area contributed by atoms with Gasteiger partial charge in [0.2, 0.25) is 0 Å². The van der Waals surface area contributed by atoms with Crippen LogP contribution in [0.5, 0.6) is 0 Å². The van der Waals surface area contributed by atoms with Crippen molar-refractivity contribution in [3.8, 4) is 0 Å². The summed E-state index contributed by atoms with van der Waals surface area (Å²) >= 11 is 2.25. The van der Waals surface area contributed by atoms with Gasteiger partial charge in [-0.05, 0) is 36.9 Å². The van der Waals surface area contributed by atoms with Gasteiger partial charge in [-0.15, -0.1) is 0 Å². The highest BCUT2D eigenvalue weighted by molar-refractivity contribution is 8.00. The molecule has 0 radical (unpaired) electrons. The molecule has 1 saturated carbocycles. The van der Waals surface area contributed by atoms with Crippen molar-refractivity contribution in [3.63, 3.8) is 0 Å². The Kier molecular flexibility index (Phi) is 1.94. The molecule has 2 heterocycles. The summed E-state index contributed by atoms with van der Waals surface area (Å²) in [5.41, 5.74) is 0. The van der Waals surface area contributed by atoms with Crippen LogP contribution in [0, 0.1) is 11.8 Å². The number of hydrogen-bond acceptors (Lipinski definition) is 1. The number of fused-ring (bicyclic) bond motifs is 3. The van der Waals surface area contributed by atoms with E-state index in [1.165, 1.54) is 25.0 Å². The van der Waals surface area contributed by atoms with Gasteiger partial charge in [0.15, 0.2) is 0 Å². The lowest BCUT2D eigenvalue weighted by molar-refractivity contribution is 0.273. The Morgan fingerprint density at radius 2 is 2.30 bits per heavy atom. The topological polar surface area (TPSA) is 0 Å². The van der Waals surface area contributed by atoms with E-state index < -0.39 is 0 Å². The zero-order valence-corrected chi connectivity index (χ0v) is 7.49. The minimum Gasteiger partial charge on any atom is -0.158 e. The highest BCUT2D eigenvalue weighted by Crippen LogP contribution is 2.45. The van der Waals surface area contributed by atoms with Gasteiger partial charge in [0.05, 0.1) is 0 Å². The van der Waals surface area contributed by atoms with Crippen molar-refractivity contribution in [3.05, 3.63) is 0 Å². The second-order valence-electron chi connectivity index (χ2n) is 3.72. The fourth-order valence-corrected chi connectivity index (χ4v) is 4.09. The molecule has 0 aromatic heterocycles. The standard InChI is InChI=1S/C9H16S/c1-2-8-5-7-3-4-9(8)10-6-7/h7-9H,2-6H2,1H3. The van der Waals surface area contributed by atoms with Gasteiger partial charge >= 0.3 is 0 Å². The van der Waals surface area contributed by atoms with Crippen LogP contribution >= 0.6 is 11.8 Å². The Hall–Kier alpha value is 0.350. The summed E-state index contributed by atoms with van der Waals surface area (Å²) in [6.45, 7) is 2.35. The van der Waals surface area contributed by atoms with Crippen LogP contribution in [0.4, 0.5) is 0 Å². The van der Waals surface area contributed by atoms with E-state index in [1.54, 1.807) is 6.42 Å². The molecule has 0 amide bonds. The summed E-state index contributed by atoms with van der Waals surface area (Å²) in [7, 11) is 0. The first-order valence-electron chi connectivity index (χ1n) is 4.51. The van der Waals surface area contributed by atoms with Crippen LogP contribution in [0.15, 0.2) is 0 Å². The van der Waals surface area contributed by atoms with Crippen LogP contribution in [0.3, 0.4) is 0 Å². The van der Waals surface area contributed by atoms with E-state index in [-0.39, 0.29) is 0 Å². The van der Waals surface area contributed by atoms with Gasteiger partial charge in [0.1, 0.15) is 0 Å². The maximum Gasteiger partial charge on any atom is 0.00755 e. The average Bonchev–Trinajstić information content (AvgIpc) is 2.06. The van der Waals surface area contributed by atoms with Crippen LogP contribution in [-0.2, 0) is 0 Å². The average molecular weight is 156 g/mol. The van der Waals surface area contributed by atoms with Crippen molar-refractivity contribution < 1.29 is 0 Å². The molecule has 3 rings (SSSR count). The van der Waals surface area contributed by atoms with E-state index in [9.17, 15) is 0 Å². The van der Waals surface area contributed by atoms with Crippen LogP contribution in [0.1, 0.15) is 32.6 Å². The summed E-state index contributed by atoms with van der Waals surface area (Å²) in [5, 5.41) is 1.05. The molecule has 3 aliphatic rings. The van der Waals surface area contributed by atoms with E-state index in [4.69, 9.17) is 0 Å². The predicted molar refractivity (Wildman–Crippen MR) is 47.4 cm³/mol. The van der Waals surface area contributed by atoms with Crippen LogP contribution in [0.2, 0.25) is 0 Å². The first kappa shape index (κ1) is 7.02. The Morgan fingerprint density at radius 1 is 1.40 bits per heavy atom. The predicted octanol–water partition coefficient (Wildman–Crippen LogP) is 2.93. The third-order valence-corrected chi connectivity index (χ3v) is 4.80. The third-order valence-electron chi connectivity index (χ3n) is 3.09. The SMILES string of the molecule is CCC1CC2CCC1SC2. The zero-order chi connectivity index (χ0) is 6.97. The lowest BCUT2D eigenvalue weighted by Crippen LogP contribution is -2.33. The normalized spacial score (nSPS) is 45.9. The Labute approximate surface area is 67.8 Å². The molecule has 2 saturated heterocycles. The third kappa shape index (κ3) is 1.09. The molecule has 1 aliphatic carbocycles. The highest BCUT2D eigenvalue weighted by atomic mass is 32.2. The quantitative estimate of drug-likeness (QED) is 0.562. The maximum atomic E-state index is 2.35. The van der Waals surface area contributed by atoms with Gasteiger partial charge in [-0.25, -0.2) is 0 Å². The summed E-state index contributed by atoms with van der Waals surface area (Å²) in [5.74, 6) is 3.65. The van der Waals surface area contributed by atoms with Gasteiger partial charge in [0.25, 0.3) is 0 Å². The zero-order valence-electron chi connectivity index (χ0n) is 6.68. The largest absolute Gasteiger partial charge is 0.158 e. The van der Waals surface area contributed by atoms with Crippen LogP contribution in [0.25, 0.3) is 0 Å². The Morgan fingerprint density at radius 3 is 2.60 bits per heavy atom. The number of hydrogen-bond donors (Lipinski definition) is 0. The first-order chi connectivity index (χ1) is 4.90. The van der Waals surface area contributed by atoms with Crippen molar-refractivity contribution in [2.45, 2.75) is 37.9 Å². The smallest absolute Gasteiger partial charge is 0.00755 e. The number of rotatable bonds is 1. The molecule has 3 unspecified atom stereocenters. The molecule has 58 valence electrons.